The summed E-state index contributed by atoms with van der Waals surface area (Å²) < 4.78 is 38.4. The molecular formula is C23H21N3O5S2. The van der Waals surface area contributed by atoms with Gasteiger partial charge in [-0.05, 0) is 49.4 Å². The molecule has 1 amide bonds. The van der Waals surface area contributed by atoms with Crippen molar-refractivity contribution in [2.75, 3.05) is 5.32 Å². The van der Waals surface area contributed by atoms with Crippen LogP contribution in [0.4, 0.5) is 5.69 Å². The number of furan rings is 1. The molecule has 0 atom stereocenters. The van der Waals surface area contributed by atoms with E-state index in [1.165, 1.54) is 29.7 Å². The highest BCUT2D eigenvalue weighted by Crippen LogP contribution is 2.19. The third-order valence-corrected chi connectivity index (χ3v) is 6.81. The number of aryl methyl sites for hydroxylation is 1. The summed E-state index contributed by atoms with van der Waals surface area (Å²) in [5.41, 5.74) is 1.71. The molecule has 0 fully saturated rings. The number of carbonyl (C=O) groups is 1. The van der Waals surface area contributed by atoms with Crippen LogP contribution < -0.4 is 14.8 Å². The molecule has 0 aliphatic carbocycles. The fourth-order valence-corrected chi connectivity index (χ4v) is 4.58. The van der Waals surface area contributed by atoms with E-state index in [9.17, 15) is 13.2 Å². The number of benzene rings is 2. The first kappa shape index (κ1) is 22.7. The Balaban J connectivity index is 1.37. The van der Waals surface area contributed by atoms with Gasteiger partial charge in [-0.25, -0.2) is 18.1 Å². The maximum absolute atomic E-state index is 12.6. The number of sulfonamides is 1. The fourth-order valence-electron chi connectivity index (χ4n) is 2.86. The maximum Gasteiger partial charge on any atom is 0.275 e. The van der Waals surface area contributed by atoms with Crippen LogP contribution in [0.2, 0.25) is 0 Å². The predicted octanol–water partition coefficient (Wildman–Crippen LogP) is 4.35. The molecule has 10 heteroatoms. The second kappa shape index (κ2) is 9.99. The summed E-state index contributed by atoms with van der Waals surface area (Å²) in [7, 11) is -3.78. The number of anilines is 1. The zero-order valence-electron chi connectivity index (χ0n) is 17.6. The number of nitrogens with one attached hydrogen (secondary N) is 2. The van der Waals surface area contributed by atoms with Gasteiger partial charge in [0.25, 0.3) is 5.91 Å². The monoisotopic (exact) mass is 483 g/mol. The van der Waals surface area contributed by atoms with Gasteiger partial charge in [0.2, 0.25) is 10.0 Å². The lowest BCUT2D eigenvalue weighted by molar-refractivity contribution is 0.102. The highest BCUT2D eigenvalue weighted by Gasteiger charge is 2.17. The summed E-state index contributed by atoms with van der Waals surface area (Å²) in [5, 5.41) is 4.97. The summed E-state index contributed by atoms with van der Waals surface area (Å²) in [4.78, 5) is 16.9. The van der Waals surface area contributed by atoms with Gasteiger partial charge in [-0.3, -0.25) is 4.79 Å². The molecule has 4 aromatic rings. The van der Waals surface area contributed by atoms with Crippen molar-refractivity contribution in [1.82, 2.24) is 9.71 Å². The molecule has 0 unspecified atom stereocenters. The molecule has 2 aromatic carbocycles. The lowest BCUT2D eigenvalue weighted by atomic mass is 10.2. The van der Waals surface area contributed by atoms with Crippen molar-refractivity contribution in [3.63, 3.8) is 0 Å². The number of rotatable bonds is 9. The third kappa shape index (κ3) is 6.07. The number of ether oxygens (including phenoxy) is 1. The molecular weight excluding hydrogens is 462 g/mol. The number of amides is 1. The second-order valence-corrected chi connectivity index (χ2v) is 9.82. The Kier molecular flexibility index (Phi) is 6.87. The van der Waals surface area contributed by atoms with Crippen LogP contribution in [0.5, 0.6) is 5.75 Å². The van der Waals surface area contributed by atoms with Crippen molar-refractivity contribution in [2.24, 2.45) is 0 Å². The lowest BCUT2D eigenvalue weighted by Gasteiger charge is -2.08. The van der Waals surface area contributed by atoms with E-state index in [4.69, 9.17) is 9.15 Å². The first-order chi connectivity index (χ1) is 15.9. The summed E-state index contributed by atoms with van der Waals surface area (Å²) in [6, 6.07) is 17.0. The fraction of sp³-hybridized carbons (Fsp3) is 0.130. The SMILES string of the molecule is Cc1ccc(OCc2nc(C(=O)Nc3cccc(S(=O)(=O)NCc4ccco4)c3)cs2)cc1. The van der Waals surface area contributed by atoms with Crippen LogP contribution in [0.15, 0.2) is 81.6 Å². The van der Waals surface area contributed by atoms with Crippen molar-refractivity contribution in [1.29, 1.82) is 0 Å². The van der Waals surface area contributed by atoms with Crippen LogP contribution in [-0.2, 0) is 23.2 Å². The molecule has 0 bridgehead atoms. The van der Waals surface area contributed by atoms with Crippen LogP contribution in [-0.4, -0.2) is 19.3 Å². The highest BCUT2D eigenvalue weighted by molar-refractivity contribution is 7.89. The number of aromatic nitrogens is 1. The summed E-state index contributed by atoms with van der Waals surface area (Å²) in [6.45, 7) is 2.27. The highest BCUT2D eigenvalue weighted by atomic mass is 32.2. The Morgan fingerprint density at radius 1 is 1.12 bits per heavy atom. The van der Waals surface area contributed by atoms with Gasteiger partial charge in [0, 0.05) is 11.1 Å². The average molecular weight is 484 g/mol. The van der Waals surface area contributed by atoms with Gasteiger partial charge in [-0.15, -0.1) is 11.3 Å². The van der Waals surface area contributed by atoms with Gasteiger partial charge in [0.1, 0.15) is 28.8 Å². The number of hydrogen-bond acceptors (Lipinski definition) is 7. The molecule has 170 valence electrons. The normalized spacial score (nSPS) is 11.3. The average Bonchev–Trinajstić information content (AvgIpc) is 3.50. The van der Waals surface area contributed by atoms with E-state index in [0.717, 1.165) is 11.3 Å². The Labute approximate surface area is 195 Å². The Hall–Kier alpha value is -3.47. The predicted molar refractivity (Wildman–Crippen MR) is 125 cm³/mol. The first-order valence-electron chi connectivity index (χ1n) is 9.96. The molecule has 0 radical (unpaired) electrons. The number of thiazole rings is 1. The zero-order valence-corrected chi connectivity index (χ0v) is 19.3. The second-order valence-electron chi connectivity index (χ2n) is 7.11. The summed E-state index contributed by atoms with van der Waals surface area (Å²) in [5.74, 6) is 0.778. The summed E-state index contributed by atoms with van der Waals surface area (Å²) in [6.07, 6.45) is 1.47. The maximum atomic E-state index is 12.6. The standard InChI is InChI=1S/C23H21N3O5S2/c1-16-7-9-18(10-8-16)31-14-22-26-21(15-32-22)23(27)25-17-4-2-6-20(12-17)33(28,29)24-13-19-5-3-11-30-19/h2-12,15,24H,13-14H2,1H3,(H,25,27). The van der Waals surface area contributed by atoms with Crippen LogP contribution in [0.3, 0.4) is 0 Å². The molecule has 0 aliphatic heterocycles. The van der Waals surface area contributed by atoms with Gasteiger partial charge < -0.3 is 14.5 Å². The van der Waals surface area contributed by atoms with E-state index >= 15 is 0 Å². The first-order valence-corrected chi connectivity index (χ1v) is 12.3. The molecule has 4 rings (SSSR count). The number of carbonyl (C=O) groups excluding carboxylic acids is 1. The van der Waals surface area contributed by atoms with E-state index in [1.807, 2.05) is 31.2 Å². The quantitative estimate of drug-likeness (QED) is 0.366. The molecule has 0 saturated heterocycles. The van der Waals surface area contributed by atoms with E-state index in [0.29, 0.717) is 16.5 Å². The Morgan fingerprint density at radius 3 is 2.70 bits per heavy atom. The topological polar surface area (TPSA) is 111 Å². The molecule has 8 nitrogen and oxygen atoms in total. The van der Waals surface area contributed by atoms with Gasteiger partial charge in [0.15, 0.2) is 0 Å². The van der Waals surface area contributed by atoms with Crippen molar-refractivity contribution < 1.29 is 22.4 Å². The van der Waals surface area contributed by atoms with Crippen molar-refractivity contribution >= 4 is 33.0 Å². The smallest absolute Gasteiger partial charge is 0.275 e. The molecule has 0 saturated carbocycles. The van der Waals surface area contributed by atoms with E-state index < -0.39 is 15.9 Å². The summed E-state index contributed by atoms with van der Waals surface area (Å²) >= 11 is 1.31. The van der Waals surface area contributed by atoms with Gasteiger partial charge >= 0.3 is 0 Å². The minimum Gasteiger partial charge on any atom is -0.486 e. The molecule has 2 aromatic heterocycles. The van der Waals surface area contributed by atoms with Gasteiger partial charge in [-0.2, -0.15) is 0 Å². The lowest BCUT2D eigenvalue weighted by Crippen LogP contribution is -2.23. The van der Waals surface area contributed by atoms with Crippen LogP contribution >= 0.6 is 11.3 Å². The molecule has 2 N–H and O–H groups in total. The minimum atomic E-state index is -3.78. The Morgan fingerprint density at radius 2 is 1.94 bits per heavy atom. The third-order valence-electron chi connectivity index (χ3n) is 4.59. The number of hydrogen-bond donors (Lipinski definition) is 2. The van der Waals surface area contributed by atoms with Crippen molar-refractivity contribution in [3.05, 3.63) is 94.3 Å². The van der Waals surface area contributed by atoms with Crippen molar-refractivity contribution in [2.45, 2.75) is 25.0 Å². The van der Waals surface area contributed by atoms with Crippen LogP contribution in [0.1, 0.15) is 26.8 Å². The van der Waals surface area contributed by atoms with Crippen LogP contribution in [0, 0.1) is 6.92 Å². The van der Waals surface area contributed by atoms with Crippen LogP contribution in [0.25, 0.3) is 0 Å². The zero-order chi connectivity index (χ0) is 23.3. The molecule has 0 spiro atoms. The van der Waals surface area contributed by atoms with E-state index in [-0.39, 0.29) is 23.7 Å². The van der Waals surface area contributed by atoms with E-state index in [2.05, 4.69) is 15.0 Å². The Bertz CT molecular complexity index is 1330. The number of nitrogens with zero attached hydrogens (tertiary/aromatic N) is 1. The van der Waals surface area contributed by atoms with Crippen molar-refractivity contribution in [3.8, 4) is 5.75 Å². The molecule has 2 heterocycles. The van der Waals surface area contributed by atoms with Gasteiger partial charge in [-0.1, -0.05) is 23.8 Å². The minimum absolute atomic E-state index is 0.0253. The molecule has 33 heavy (non-hydrogen) atoms. The van der Waals surface area contributed by atoms with Gasteiger partial charge in [0.05, 0.1) is 17.7 Å². The molecule has 0 aliphatic rings. The van der Waals surface area contributed by atoms with E-state index in [1.54, 1.807) is 29.6 Å². The largest absolute Gasteiger partial charge is 0.486 e.